The first-order chi connectivity index (χ1) is 10.5. The van der Waals surface area contributed by atoms with E-state index in [2.05, 4.69) is 4.40 Å². The lowest BCUT2D eigenvalue weighted by molar-refractivity contribution is -0.116. The van der Waals surface area contributed by atoms with E-state index in [0.29, 0.717) is 5.69 Å². The molecule has 2 heterocycles. The van der Waals surface area contributed by atoms with Crippen molar-refractivity contribution in [2.24, 2.45) is 4.40 Å². The van der Waals surface area contributed by atoms with Crippen LogP contribution in [0, 0.1) is 0 Å². The number of benzene rings is 1. The van der Waals surface area contributed by atoms with Gasteiger partial charge in [-0.3, -0.25) is 9.69 Å². The molecule has 22 heavy (non-hydrogen) atoms. The minimum Gasteiger partial charge on any atom is -0.273 e. The van der Waals surface area contributed by atoms with Gasteiger partial charge in [-0.05, 0) is 30.5 Å². The minimum absolute atomic E-state index is 0.167. The average Bonchev–Trinajstić information content (AvgIpc) is 3.10. The third-order valence-electron chi connectivity index (χ3n) is 3.00. The molecule has 0 radical (unpaired) electrons. The van der Waals surface area contributed by atoms with Crippen LogP contribution in [0.4, 0.5) is 5.69 Å². The number of sulfonamides is 1. The Morgan fingerprint density at radius 3 is 2.50 bits per heavy atom. The number of amidine groups is 1. The number of hydrogen-bond donors (Lipinski definition) is 0. The lowest BCUT2D eigenvalue weighted by Gasteiger charge is -2.15. The molecule has 0 bridgehead atoms. The largest absolute Gasteiger partial charge is 0.294 e. The second-order valence-corrected chi connectivity index (χ2v) is 8.64. The highest BCUT2D eigenvalue weighted by Crippen LogP contribution is 2.33. The summed E-state index contributed by atoms with van der Waals surface area (Å²) in [5.74, 6) is -0.170. The van der Waals surface area contributed by atoms with Crippen LogP contribution >= 0.6 is 23.1 Å². The van der Waals surface area contributed by atoms with E-state index in [1.54, 1.807) is 42.6 Å². The molecule has 5 nitrogen and oxygen atoms in total. The maximum absolute atomic E-state index is 12.3. The Morgan fingerprint density at radius 1 is 1.14 bits per heavy atom. The molecule has 0 saturated carbocycles. The van der Waals surface area contributed by atoms with E-state index in [-0.39, 0.29) is 20.5 Å². The molecule has 1 amide bonds. The summed E-state index contributed by atoms with van der Waals surface area (Å²) in [6.07, 6.45) is 0. The smallest absolute Gasteiger partial charge is 0.273 e. The second kappa shape index (κ2) is 5.86. The number of hydrogen-bond acceptors (Lipinski definition) is 5. The van der Waals surface area contributed by atoms with Gasteiger partial charge in [-0.2, -0.15) is 8.42 Å². The molecule has 0 N–H and O–H groups in total. The monoisotopic (exact) mass is 352 g/mol. The highest BCUT2D eigenvalue weighted by Gasteiger charge is 2.37. The fourth-order valence-electron chi connectivity index (χ4n) is 1.97. The molecular weight excluding hydrogens is 340 g/mol. The third kappa shape index (κ3) is 2.81. The number of anilines is 1. The van der Waals surface area contributed by atoms with Gasteiger partial charge in [0.2, 0.25) is 5.91 Å². The van der Waals surface area contributed by atoms with Crippen molar-refractivity contribution >= 4 is 49.9 Å². The van der Waals surface area contributed by atoms with Gasteiger partial charge in [-0.25, -0.2) is 0 Å². The van der Waals surface area contributed by atoms with Crippen LogP contribution in [-0.2, 0) is 14.8 Å². The first kappa shape index (κ1) is 15.3. The van der Waals surface area contributed by atoms with E-state index < -0.39 is 10.0 Å². The van der Waals surface area contributed by atoms with E-state index >= 15 is 0 Å². The topological polar surface area (TPSA) is 66.8 Å². The fraction of sp³-hybridized carbons (Fsp3) is 0.143. The lowest BCUT2D eigenvalue weighted by atomic mass is 10.3. The fourth-order valence-corrected chi connectivity index (χ4v) is 5.10. The predicted octanol–water partition coefficient (Wildman–Crippen LogP) is 2.96. The van der Waals surface area contributed by atoms with E-state index in [4.69, 9.17) is 0 Å². The normalized spacial score (nSPS) is 20.8. The van der Waals surface area contributed by atoms with Gasteiger partial charge in [-0.15, -0.1) is 15.7 Å². The number of carbonyl (C=O) groups excluding carboxylic acids is 1. The van der Waals surface area contributed by atoms with E-state index in [0.717, 1.165) is 23.1 Å². The van der Waals surface area contributed by atoms with Crippen LogP contribution in [0.3, 0.4) is 0 Å². The number of para-hydroxylation sites is 1. The zero-order valence-electron chi connectivity index (χ0n) is 11.5. The van der Waals surface area contributed by atoms with Gasteiger partial charge in [-0.1, -0.05) is 36.0 Å². The van der Waals surface area contributed by atoms with Gasteiger partial charge in [0.1, 0.15) is 4.21 Å². The molecule has 1 atom stereocenters. The molecule has 1 aliphatic heterocycles. The molecule has 1 fully saturated rings. The number of nitrogens with zero attached hydrogens (tertiary/aromatic N) is 2. The Hall–Kier alpha value is -1.64. The molecule has 2 aromatic rings. The summed E-state index contributed by atoms with van der Waals surface area (Å²) < 4.78 is 28.7. The zero-order chi connectivity index (χ0) is 15.7. The Bertz CT molecular complexity index is 814. The van der Waals surface area contributed by atoms with Gasteiger partial charge in [0.25, 0.3) is 10.0 Å². The second-order valence-electron chi connectivity index (χ2n) is 4.55. The first-order valence-electron chi connectivity index (χ1n) is 6.43. The Labute approximate surface area is 136 Å². The van der Waals surface area contributed by atoms with Gasteiger partial charge < -0.3 is 0 Å². The van der Waals surface area contributed by atoms with Crippen molar-refractivity contribution in [3.8, 4) is 0 Å². The van der Waals surface area contributed by atoms with Crippen molar-refractivity contribution in [2.75, 3.05) is 4.90 Å². The summed E-state index contributed by atoms with van der Waals surface area (Å²) in [5, 5.41) is 1.51. The van der Waals surface area contributed by atoms with E-state index in [1.807, 2.05) is 6.07 Å². The van der Waals surface area contributed by atoms with Gasteiger partial charge in [0.05, 0.1) is 10.9 Å². The molecule has 114 valence electrons. The number of amides is 1. The molecular formula is C14H12N2O3S3. The van der Waals surface area contributed by atoms with Crippen LogP contribution in [0.15, 0.2) is 56.5 Å². The van der Waals surface area contributed by atoms with Crippen LogP contribution in [0.2, 0.25) is 0 Å². The van der Waals surface area contributed by atoms with Crippen molar-refractivity contribution in [3.05, 3.63) is 47.8 Å². The van der Waals surface area contributed by atoms with E-state index in [9.17, 15) is 13.2 Å². The van der Waals surface area contributed by atoms with Gasteiger partial charge >= 0.3 is 0 Å². The summed E-state index contributed by atoms with van der Waals surface area (Å²) in [5.41, 5.74) is 0.615. The summed E-state index contributed by atoms with van der Waals surface area (Å²) in [6.45, 7) is 1.74. The highest BCUT2D eigenvalue weighted by atomic mass is 32.2. The Kier molecular flexibility index (Phi) is 4.07. The van der Waals surface area contributed by atoms with Crippen molar-refractivity contribution in [2.45, 2.75) is 16.4 Å². The summed E-state index contributed by atoms with van der Waals surface area (Å²) in [6, 6.07) is 12.1. The molecule has 1 aromatic carbocycles. The average molecular weight is 352 g/mol. The van der Waals surface area contributed by atoms with Crippen molar-refractivity contribution in [1.82, 2.24) is 0 Å². The molecule has 3 rings (SSSR count). The van der Waals surface area contributed by atoms with Gasteiger partial charge in [0, 0.05) is 0 Å². The van der Waals surface area contributed by atoms with Crippen LogP contribution < -0.4 is 4.90 Å². The minimum atomic E-state index is -3.80. The quantitative estimate of drug-likeness (QED) is 0.852. The van der Waals surface area contributed by atoms with Crippen molar-refractivity contribution < 1.29 is 13.2 Å². The third-order valence-corrected chi connectivity index (χ3v) is 6.80. The van der Waals surface area contributed by atoms with Crippen LogP contribution in [0.25, 0.3) is 0 Å². The number of rotatable bonds is 3. The predicted molar refractivity (Wildman–Crippen MR) is 89.9 cm³/mol. The molecule has 0 spiro atoms. The zero-order valence-corrected chi connectivity index (χ0v) is 14.0. The Balaban J connectivity index is 2.05. The SMILES string of the molecule is CC1SC(=NS(=O)(=O)c2cccs2)N(c2ccccc2)C1=O. The van der Waals surface area contributed by atoms with Crippen molar-refractivity contribution in [3.63, 3.8) is 0 Å². The van der Waals surface area contributed by atoms with Gasteiger partial charge in [0.15, 0.2) is 5.17 Å². The van der Waals surface area contributed by atoms with E-state index in [1.165, 1.54) is 11.0 Å². The maximum atomic E-state index is 12.3. The standard InChI is InChI=1S/C14H12N2O3S3/c1-10-13(17)16(11-6-3-2-4-7-11)14(21-10)15-22(18,19)12-8-5-9-20-12/h2-10H,1H3. The number of carbonyl (C=O) groups is 1. The first-order valence-corrected chi connectivity index (χ1v) is 9.63. The molecule has 0 aliphatic carbocycles. The van der Waals surface area contributed by atoms with Crippen LogP contribution in [0.5, 0.6) is 0 Å². The summed E-state index contributed by atoms with van der Waals surface area (Å²) in [7, 11) is -3.80. The molecule has 1 aromatic heterocycles. The highest BCUT2D eigenvalue weighted by molar-refractivity contribution is 8.16. The lowest BCUT2D eigenvalue weighted by Crippen LogP contribution is -2.31. The van der Waals surface area contributed by atoms with Crippen LogP contribution in [-0.4, -0.2) is 24.7 Å². The van der Waals surface area contributed by atoms with Crippen molar-refractivity contribution in [1.29, 1.82) is 0 Å². The number of thiophene rings is 1. The Morgan fingerprint density at radius 2 is 1.86 bits per heavy atom. The maximum Gasteiger partial charge on any atom is 0.294 e. The molecule has 8 heteroatoms. The summed E-state index contributed by atoms with van der Waals surface area (Å²) in [4.78, 5) is 13.7. The number of thioether (sulfide) groups is 1. The summed E-state index contributed by atoms with van der Waals surface area (Å²) >= 11 is 2.26. The molecule has 1 aliphatic rings. The molecule has 1 unspecified atom stereocenters. The molecule has 1 saturated heterocycles. The van der Waals surface area contributed by atoms with Crippen LogP contribution in [0.1, 0.15) is 6.92 Å².